The second-order valence-electron chi connectivity index (χ2n) is 5.85. The summed E-state index contributed by atoms with van der Waals surface area (Å²) in [5, 5.41) is 0.674. The molecule has 7 heteroatoms. The SMILES string of the molecule is Cc1ccnc(SCC(=O)N2CCC(Cn3ccnc3)CC2)n1. The van der Waals surface area contributed by atoms with Gasteiger partial charge in [0.15, 0.2) is 5.16 Å². The van der Waals surface area contributed by atoms with Gasteiger partial charge in [-0.15, -0.1) is 0 Å². The van der Waals surface area contributed by atoms with E-state index in [1.165, 1.54) is 11.8 Å². The topological polar surface area (TPSA) is 63.9 Å². The molecule has 23 heavy (non-hydrogen) atoms. The van der Waals surface area contributed by atoms with Gasteiger partial charge in [0.25, 0.3) is 0 Å². The minimum absolute atomic E-state index is 0.182. The number of rotatable bonds is 5. The van der Waals surface area contributed by atoms with E-state index in [0.29, 0.717) is 16.8 Å². The van der Waals surface area contributed by atoms with Gasteiger partial charge in [-0.05, 0) is 31.7 Å². The number of carbonyl (C=O) groups is 1. The number of amides is 1. The second-order valence-corrected chi connectivity index (χ2v) is 6.80. The molecule has 1 amide bonds. The zero-order chi connectivity index (χ0) is 16.1. The molecule has 0 N–H and O–H groups in total. The molecule has 0 radical (unpaired) electrons. The van der Waals surface area contributed by atoms with E-state index in [1.54, 1.807) is 6.20 Å². The zero-order valence-corrected chi connectivity index (χ0v) is 14.1. The van der Waals surface area contributed by atoms with Crippen molar-refractivity contribution in [1.29, 1.82) is 0 Å². The predicted octanol–water partition coefficient (Wildman–Crippen LogP) is 2.01. The predicted molar refractivity (Wildman–Crippen MR) is 89.0 cm³/mol. The molecule has 1 saturated heterocycles. The van der Waals surface area contributed by atoms with Crippen LogP contribution in [0.2, 0.25) is 0 Å². The molecule has 6 nitrogen and oxygen atoms in total. The molecule has 0 unspecified atom stereocenters. The summed E-state index contributed by atoms with van der Waals surface area (Å²) < 4.78 is 2.12. The minimum Gasteiger partial charge on any atom is -0.342 e. The maximum atomic E-state index is 12.3. The lowest BCUT2D eigenvalue weighted by molar-refractivity contribution is -0.129. The Bertz CT molecular complexity index is 638. The third-order valence-corrected chi connectivity index (χ3v) is 4.94. The van der Waals surface area contributed by atoms with Crippen LogP contribution in [0.1, 0.15) is 18.5 Å². The summed E-state index contributed by atoms with van der Waals surface area (Å²) in [7, 11) is 0. The Morgan fingerprint density at radius 1 is 1.35 bits per heavy atom. The average Bonchev–Trinajstić information content (AvgIpc) is 3.06. The van der Waals surface area contributed by atoms with E-state index >= 15 is 0 Å². The Morgan fingerprint density at radius 3 is 2.87 bits per heavy atom. The summed E-state index contributed by atoms with van der Waals surface area (Å²) in [5.74, 6) is 1.22. The van der Waals surface area contributed by atoms with Gasteiger partial charge in [-0.3, -0.25) is 4.79 Å². The summed E-state index contributed by atoms with van der Waals surface area (Å²) >= 11 is 1.42. The molecule has 0 bridgehead atoms. The van der Waals surface area contributed by atoms with Gasteiger partial charge in [-0.2, -0.15) is 0 Å². The van der Waals surface area contributed by atoms with Gasteiger partial charge in [0.2, 0.25) is 5.91 Å². The first-order valence-electron chi connectivity index (χ1n) is 7.86. The Morgan fingerprint density at radius 2 is 2.17 bits per heavy atom. The van der Waals surface area contributed by atoms with Crippen LogP contribution in [-0.4, -0.2) is 49.2 Å². The van der Waals surface area contributed by atoms with Crippen molar-refractivity contribution in [2.45, 2.75) is 31.5 Å². The van der Waals surface area contributed by atoms with Crippen molar-refractivity contribution in [2.24, 2.45) is 5.92 Å². The standard InChI is InChI=1S/C16H21N5OS/c1-13-2-5-18-16(19-13)23-11-15(22)21-7-3-14(4-8-21)10-20-9-6-17-12-20/h2,5-6,9,12,14H,3-4,7-8,10-11H2,1H3. The molecule has 1 aliphatic rings. The Hall–Kier alpha value is -1.89. The Labute approximate surface area is 140 Å². The average molecular weight is 331 g/mol. The number of imidazole rings is 1. The second kappa shape index (κ2) is 7.59. The molecule has 0 atom stereocenters. The van der Waals surface area contributed by atoms with Crippen molar-refractivity contribution < 1.29 is 4.79 Å². The normalized spacial score (nSPS) is 15.8. The van der Waals surface area contributed by atoms with Gasteiger partial charge in [0.1, 0.15) is 0 Å². The fraction of sp³-hybridized carbons (Fsp3) is 0.500. The van der Waals surface area contributed by atoms with Crippen LogP contribution in [-0.2, 0) is 11.3 Å². The van der Waals surface area contributed by atoms with Crippen LogP contribution in [0.25, 0.3) is 0 Å². The van der Waals surface area contributed by atoms with Crippen molar-refractivity contribution in [3.05, 3.63) is 36.7 Å². The van der Waals surface area contributed by atoms with Crippen molar-refractivity contribution >= 4 is 17.7 Å². The van der Waals surface area contributed by atoms with Gasteiger partial charge in [-0.25, -0.2) is 15.0 Å². The molecule has 1 fully saturated rings. The van der Waals surface area contributed by atoms with Crippen molar-refractivity contribution in [3.8, 4) is 0 Å². The molecule has 3 heterocycles. The van der Waals surface area contributed by atoms with E-state index in [-0.39, 0.29) is 5.91 Å². The molecule has 0 aromatic carbocycles. The number of nitrogens with zero attached hydrogens (tertiary/aromatic N) is 5. The first-order chi connectivity index (χ1) is 11.2. The number of aryl methyl sites for hydroxylation is 1. The van der Waals surface area contributed by atoms with E-state index in [4.69, 9.17) is 0 Å². The third kappa shape index (κ3) is 4.54. The highest BCUT2D eigenvalue weighted by molar-refractivity contribution is 7.99. The fourth-order valence-electron chi connectivity index (χ4n) is 2.77. The molecule has 0 aliphatic carbocycles. The number of thioether (sulfide) groups is 1. The van der Waals surface area contributed by atoms with Gasteiger partial charge in [-0.1, -0.05) is 11.8 Å². The van der Waals surface area contributed by atoms with Gasteiger partial charge < -0.3 is 9.47 Å². The lowest BCUT2D eigenvalue weighted by atomic mass is 9.97. The molecule has 2 aromatic rings. The van der Waals surface area contributed by atoms with Crippen LogP contribution in [0.15, 0.2) is 36.1 Å². The molecule has 0 saturated carbocycles. The van der Waals surface area contributed by atoms with Crippen molar-refractivity contribution in [3.63, 3.8) is 0 Å². The van der Waals surface area contributed by atoms with E-state index in [0.717, 1.165) is 38.2 Å². The van der Waals surface area contributed by atoms with Crippen LogP contribution in [0.3, 0.4) is 0 Å². The van der Waals surface area contributed by atoms with E-state index in [2.05, 4.69) is 19.5 Å². The largest absolute Gasteiger partial charge is 0.342 e. The van der Waals surface area contributed by atoms with Crippen molar-refractivity contribution in [2.75, 3.05) is 18.8 Å². The summed E-state index contributed by atoms with van der Waals surface area (Å²) in [4.78, 5) is 26.9. The summed E-state index contributed by atoms with van der Waals surface area (Å²) in [6.07, 6.45) is 9.50. The van der Waals surface area contributed by atoms with E-state index < -0.39 is 0 Å². The number of hydrogen-bond donors (Lipinski definition) is 0. The quantitative estimate of drug-likeness (QED) is 0.619. The molecular weight excluding hydrogens is 310 g/mol. The van der Waals surface area contributed by atoms with Crippen LogP contribution >= 0.6 is 11.8 Å². The lowest BCUT2D eigenvalue weighted by Crippen LogP contribution is -2.40. The zero-order valence-electron chi connectivity index (χ0n) is 13.3. The minimum atomic E-state index is 0.182. The summed E-state index contributed by atoms with van der Waals surface area (Å²) in [6.45, 7) is 4.60. The van der Waals surface area contributed by atoms with Crippen LogP contribution in [0, 0.1) is 12.8 Å². The highest BCUT2D eigenvalue weighted by atomic mass is 32.2. The molecule has 3 rings (SSSR count). The number of aromatic nitrogens is 4. The fourth-order valence-corrected chi connectivity index (χ4v) is 3.55. The summed E-state index contributed by atoms with van der Waals surface area (Å²) in [6, 6.07) is 1.86. The maximum Gasteiger partial charge on any atom is 0.233 e. The van der Waals surface area contributed by atoms with Gasteiger partial charge >= 0.3 is 0 Å². The summed E-state index contributed by atoms with van der Waals surface area (Å²) in [5.41, 5.74) is 0.926. The van der Waals surface area contributed by atoms with E-state index in [9.17, 15) is 4.79 Å². The molecular formula is C16H21N5OS. The Kier molecular flexibility index (Phi) is 5.27. The highest BCUT2D eigenvalue weighted by Crippen LogP contribution is 2.21. The third-order valence-electron chi connectivity index (χ3n) is 4.09. The van der Waals surface area contributed by atoms with Crippen LogP contribution in [0.5, 0.6) is 0 Å². The lowest BCUT2D eigenvalue weighted by Gasteiger charge is -2.32. The maximum absolute atomic E-state index is 12.3. The molecule has 2 aromatic heterocycles. The number of hydrogen-bond acceptors (Lipinski definition) is 5. The first-order valence-corrected chi connectivity index (χ1v) is 8.85. The smallest absolute Gasteiger partial charge is 0.233 e. The van der Waals surface area contributed by atoms with Gasteiger partial charge in [0, 0.05) is 43.9 Å². The molecule has 1 aliphatic heterocycles. The number of carbonyl (C=O) groups excluding carboxylic acids is 1. The monoisotopic (exact) mass is 331 g/mol. The first kappa shape index (κ1) is 16.0. The number of likely N-dealkylation sites (tertiary alicyclic amines) is 1. The van der Waals surface area contributed by atoms with Gasteiger partial charge in [0.05, 0.1) is 12.1 Å². The van der Waals surface area contributed by atoms with Crippen LogP contribution in [0.4, 0.5) is 0 Å². The number of piperidine rings is 1. The van der Waals surface area contributed by atoms with Crippen LogP contribution < -0.4 is 0 Å². The van der Waals surface area contributed by atoms with Crippen molar-refractivity contribution in [1.82, 2.24) is 24.4 Å². The molecule has 122 valence electrons. The molecule has 0 spiro atoms. The highest BCUT2D eigenvalue weighted by Gasteiger charge is 2.23. The van der Waals surface area contributed by atoms with E-state index in [1.807, 2.05) is 36.6 Å². The Balaban J connectivity index is 1.43.